The Morgan fingerprint density at radius 3 is 2.81 bits per heavy atom. The highest BCUT2D eigenvalue weighted by molar-refractivity contribution is 6.30. The van der Waals surface area contributed by atoms with Gasteiger partial charge in [-0.1, -0.05) is 18.5 Å². The van der Waals surface area contributed by atoms with E-state index in [9.17, 15) is 4.79 Å². The van der Waals surface area contributed by atoms with Crippen LogP contribution in [0.3, 0.4) is 0 Å². The van der Waals surface area contributed by atoms with Gasteiger partial charge in [-0.05, 0) is 49.7 Å². The largest absolute Gasteiger partial charge is 0.487 e. The van der Waals surface area contributed by atoms with E-state index < -0.39 is 0 Å². The van der Waals surface area contributed by atoms with Crippen LogP contribution >= 0.6 is 11.6 Å². The zero-order chi connectivity index (χ0) is 21.6. The first kappa shape index (κ1) is 21.3. The quantitative estimate of drug-likeness (QED) is 0.579. The summed E-state index contributed by atoms with van der Waals surface area (Å²) < 4.78 is 7.24. The first-order chi connectivity index (χ1) is 15.1. The average Bonchev–Trinajstić information content (AvgIpc) is 3.26. The fourth-order valence-electron chi connectivity index (χ4n) is 3.60. The molecule has 0 spiro atoms. The van der Waals surface area contributed by atoms with E-state index in [1.165, 1.54) is 6.07 Å². The lowest BCUT2D eigenvalue weighted by atomic mass is 10.2. The molecule has 1 atom stereocenters. The fraction of sp³-hybridized carbons (Fsp3) is 0.348. The molecule has 162 valence electrons. The lowest BCUT2D eigenvalue weighted by molar-refractivity contribution is 0.300. The number of nitrogens with one attached hydrogen (secondary N) is 1. The van der Waals surface area contributed by atoms with Gasteiger partial charge >= 0.3 is 0 Å². The van der Waals surface area contributed by atoms with Crippen molar-refractivity contribution < 1.29 is 4.74 Å². The van der Waals surface area contributed by atoms with Crippen LogP contribution < -0.4 is 20.5 Å². The molecule has 31 heavy (non-hydrogen) atoms. The fourth-order valence-corrected chi connectivity index (χ4v) is 3.72. The van der Waals surface area contributed by atoms with Crippen LogP contribution in [0.4, 0.5) is 5.82 Å². The number of ether oxygens (including phenoxy) is 1. The minimum absolute atomic E-state index is 0.180. The average molecular weight is 440 g/mol. The van der Waals surface area contributed by atoms with Crippen molar-refractivity contribution in [2.24, 2.45) is 0 Å². The normalized spacial score (nSPS) is 15.9. The molecule has 0 radical (unpaired) electrons. The maximum Gasteiger partial charge on any atom is 0.258 e. The molecule has 0 aliphatic carbocycles. The van der Waals surface area contributed by atoms with Crippen LogP contribution in [-0.2, 0) is 6.61 Å². The molecular weight excluding hydrogens is 414 g/mol. The Balaban J connectivity index is 1.39. The molecule has 0 amide bonds. The third kappa shape index (κ3) is 5.42. The van der Waals surface area contributed by atoms with Gasteiger partial charge in [-0.15, -0.1) is 0 Å². The summed E-state index contributed by atoms with van der Waals surface area (Å²) >= 11 is 5.84. The van der Waals surface area contributed by atoms with Crippen molar-refractivity contribution in [3.8, 4) is 11.4 Å². The minimum Gasteiger partial charge on any atom is -0.487 e. The second kappa shape index (κ2) is 9.94. The molecule has 1 fully saturated rings. The van der Waals surface area contributed by atoms with E-state index in [1.54, 1.807) is 41.4 Å². The molecule has 4 rings (SSSR count). The molecule has 1 unspecified atom stereocenters. The first-order valence-corrected chi connectivity index (χ1v) is 10.9. The molecule has 3 aromatic rings. The molecule has 8 heteroatoms. The van der Waals surface area contributed by atoms with Crippen LogP contribution in [0.2, 0.25) is 5.02 Å². The molecule has 3 aromatic heterocycles. The van der Waals surface area contributed by atoms with Crippen LogP contribution in [0.15, 0.2) is 59.8 Å². The predicted octanol–water partition coefficient (Wildman–Crippen LogP) is 3.44. The Morgan fingerprint density at radius 2 is 2.10 bits per heavy atom. The van der Waals surface area contributed by atoms with Crippen LogP contribution in [0.5, 0.6) is 5.75 Å². The summed E-state index contributed by atoms with van der Waals surface area (Å²) in [4.78, 5) is 23.6. The van der Waals surface area contributed by atoms with Gasteiger partial charge in [-0.25, -0.2) is 4.98 Å². The smallest absolute Gasteiger partial charge is 0.258 e. The second-order valence-electron chi connectivity index (χ2n) is 7.59. The lowest BCUT2D eigenvalue weighted by Crippen LogP contribution is -2.33. The summed E-state index contributed by atoms with van der Waals surface area (Å²) in [5.74, 6) is 1.43. The number of hydrogen-bond donors (Lipinski definition) is 1. The van der Waals surface area contributed by atoms with Crippen LogP contribution in [0.25, 0.3) is 5.69 Å². The molecule has 4 heterocycles. The van der Waals surface area contributed by atoms with Crippen molar-refractivity contribution in [3.63, 3.8) is 0 Å². The molecule has 1 N–H and O–H groups in total. The standard InChI is InChI=1S/C23H26ClN5O2/c1-2-9-25-18-7-10-28(15-18)22-6-5-20(14-27-22)29-11-8-21(12-23(29)30)31-16-19-4-3-17(24)13-26-19/h3-6,8,11-14,18,25H,2,7,9-10,15-16H2,1H3. The highest BCUT2D eigenvalue weighted by Crippen LogP contribution is 2.19. The second-order valence-corrected chi connectivity index (χ2v) is 8.02. The van der Waals surface area contributed by atoms with Gasteiger partial charge in [0.25, 0.3) is 5.56 Å². The van der Waals surface area contributed by atoms with E-state index in [0.29, 0.717) is 16.8 Å². The molecular formula is C23H26ClN5O2. The number of halogens is 1. The molecule has 0 aromatic carbocycles. The number of aromatic nitrogens is 3. The third-order valence-corrected chi connectivity index (χ3v) is 5.50. The van der Waals surface area contributed by atoms with Crippen molar-refractivity contribution in [1.82, 2.24) is 19.9 Å². The Hall–Kier alpha value is -2.90. The Kier molecular flexibility index (Phi) is 6.84. The van der Waals surface area contributed by atoms with E-state index in [2.05, 4.69) is 27.1 Å². The highest BCUT2D eigenvalue weighted by Gasteiger charge is 2.22. The summed E-state index contributed by atoms with van der Waals surface area (Å²) in [6.07, 6.45) is 7.26. The van der Waals surface area contributed by atoms with Gasteiger partial charge in [0.1, 0.15) is 18.2 Å². The summed E-state index contributed by atoms with van der Waals surface area (Å²) in [6, 6.07) is 11.2. The monoisotopic (exact) mass is 439 g/mol. The van der Waals surface area contributed by atoms with E-state index in [-0.39, 0.29) is 12.2 Å². The molecule has 1 aliphatic heterocycles. The SMILES string of the molecule is CCCNC1CCN(c2ccc(-n3ccc(OCc4ccc(Cl)cn4)cc3=O)cn2)C1. The molecule has 1 aliphatic rings. The highest BCUT2D eigenvalue weighted by atomic mass is 35.5. The van der Waals surface area contributed by atoms with Crippen molar-refractivity contribution >= 4 is 17.4 Å². The maximum absolute atomic E-state index is 12.6. The number of anilines is 1. The number of pyridine rings is 3. The topological polar surface area (TPSA) is 72.3 Å². The van der Waals surface area contributed by atoms with Gasteiger partial charge in [0.15, 0.2) is 0 Å². The van der Waals surface area contributed by atoms with Gasteiger partial charge < -0.3 is 15.0 Å². The Bertz CT molecular complexity index is 1050. The van der Waals surface area contributed by atoms with Crippen molar-refractivity contribution in [3.05, 3.63) is 76.1 Å². The van der Waals surface area contributed by atoms with Gasteiger partial charge in [0, 0.05) is 37.6 Å². The number of hydrogen-bond acceptors (Lipinski definition) is 6. The van der Waals surface area contributed by atoms with Crippen LogP contribution in [0.1, 0.15) is 25.5 Å². The van der Waals surface area contributed by atoms with Crippen LogP contribution in [-0.4, -0.2) is 40.2 Å². The zero-order valence-electron chi connectivity index (χ0n) is 17.5. The van der Waals surface area contributed by atoms with Gasteiger partial charge in [0.05, 0.1) is 22.6 Å². The molecule has 0 saturated carbocycles. The van der Waals surface area contributed by atoms with Gasteiger partial charge in [-0.3, -0.25) is 14.3 Å². The van der Waals surface area contributed by atoms with Crippen molar-refractivity contribution in [1.29, 1.82) is 0 Å². The van der Waals surface area contributed by atoms with Crippen LogP contribution in [0, 0.1) is 0 Å². The third-order valence-electron chi connectivity index (χ3n) is 5.27. The summed E-state index contributed by atoms with van der Waals surface area (Å²) in [5, 5.41) is 4.14. The molecule has 1 saturated heterocycles. The number of nitrogens with zero attached hydrogens (tertiary/aromatic N) is 4. The van der Waals surface area contributed by atoms with Gasteiger partial charge in [0.2, 0.25) is 0 Å². The van der Waals surface area contributed by atoms with Crippen molar-refractivity contribution in [2.45, 2.75) is 32.4 Å². The van der Waals surface area contributed by atoms with E-state index in [0.717, 1.165) is 49.7 Å². The Morgan fingerprint density at radius 1 is 1.19 bits per heavy atom. The maximum atomic E-state index is 12.6. The molecule has 7 nitrogen and oxygen atoms in total. The lowest BCUT2D eigenvalue weighted by Gasteiger charge is -2.18. The molecule has 0 bridgehead atoms. The summed E-state index contributed by atoms with van der Waals surface area (Å²) in [7, 11) is 0. The Labute approximate surface area is 186 Å². The minimum atomic E-state index is -0.180. The zero-order valence-corrected chi connectivity index (χ0v) is 18.3. The first-order valence-electron chi connectivity index (χ1n) is 10.5. The van der Waals surface area contributed by atoms with Gasteiger partial charge in [-0.2, -0.15) is 0 Å². The van der Waals surface area contributed by atoms with E-state index >= 15 is 0 Å². The van der Waals surface area contributed by atoms with E-state index in [4.69, 9.17) is 16.3 Å². The number of rotatable bonds is 8. The van der Waals surface area contributed by atoms with Crippen molar-refractivity contribution in [2.75, 3.05) is 24.5 Å². The van der Waals surface area contributed by atoms with E-state index in [1.807, 2.05) is 12.1 Å². The predicted molar refractivity (Wildman–Crippen MR) is 122 cm³/mol. The summed E-state index contributed by atoms with van der Waals surface area (Å²) in [5.41, 5.74) is 1.28. The summed E-state index contributed by atoms with van der Waals surface area (Å²) in [6.45, 7) is 5.44.